The lowest BCUT2D eigenvalue weighted by atomic mass is 9.98. The molecular weight excluding hydrogens is 230 g/mol. The Morgan fingerprint density at radius 3 is 2.59 bits per heavy atom. The Morgan fingerprint density at radius 2 is 1.94 bits per heavy atom. The van der Waals surface area contributed by atoms with Gasteiger partial charge in [-0.2, -0.15) is 11.8 Å². The summed E-state index contributed by atoms with van der Waals surface area (Å²) in [6, 6.07) is 0. The maximum Gasteiger partial charge on any atom is 0.0490 e. The third-order valence-electron chi connectivity index (χ3n) is 3.54. The number of ether oxygens (including phenoxy) is 1. The maximum absolute atomic E-state index is 5.29. The standard InChI is InChI=1S/C14H29NOS/c1-3-6-14(13-16-2)7-4-5-8-15-9-11-17-12-10-15/h14H,3-13H2,1-2H3/t14-/m0/s1. The molecule has 1 aliphatic heterocycles. The molecule has 102 valence electrons. The molecule has 0 amide bonds. The van der Waals surface area contributed by atoms with Crippen molar-refractivity contribution in [3.8, 4) is 0 Å². The smallest absolute Gasteiger partial charge is 0.0490 e. The van der Waals surface area contributed by atoms with Crippen molar-refractivity contribution in [1.82, 2.24) is 4.90 Å². The van der Waals surface area contributed by atoms with Gasteiger partial charge in [-0.1, -0.05) is 19.8 Å². The lowest BCUT2D eigenvalue weighted by molar-refractivity contribution is 0.140. The fourth-order valence-electron chi connectivity index (χ4n) is 2.55. The fraction of sp³-hybridized carbons (Fsp3) is 1.00. The second-order valence-electron chi connectivity index (χ2n) is 5.06. The van der Waals surface area contributed by atoms with Crippen LogP contribution in [-0.4, -0.2) is 49.8 Å². The number of rotatable bonds is 9. The van der Waals surface area contributed by atoms with Gasteiger partial charge in [0.2, 0.25) is 0 Å². The Balaban J connectivity index is 2.00. The van der Waals surface area contributed by atoms with Gasteiger partial charge in [-0.15, -0.1) is 0 Å². The van der Waals surface area contributed by atoms with Gasteiger partial charge < -0.3 is 9.64 Å². The van der Waals surface area contributed by atoms with Gasteiger partial charge in [-0.3, -0.25) is 0 Å². The number of methoxy groups -OCH3 is 1. The first-order valence-corrected chi connectivity index (χ1v) is 8.31. The molecule has 0 aromatic heterocycles. The Morgan fingerprint density at radius 1 is 1.18 bits per heavy atom. The summed E-state index contributed by atoms with van der Waals surface area (Å²) < 4.78 is 5.29. The highest BCUT2D eigenvalue weighted by molar-refractivity contribution is 7.99. The van der Waals surface area contributed by atoms with E-state index in [1.807, 2.05) is 7.11 Å². The second kappa shape index (κ2) is 10.2. The summed E-state index contributed by atoms with van der Waals surface area (Å²) in [5, 5.41) is 0. The number of hydrogen-bond acceptors (Lipinski definition) is 3. The van der Waals surface area contributed by atoms with Crippen LogP contribution in [0.1, 0.15) is 39.0 Å². The summed E-state index contributed by atoms with van der Waals surface area (Å²) >= 11 is 2.10. The van der Waals surface area contributed by atoms with E-state index >= 15 is 0 Å². The average Bonchev–Trinajstić information content (AvgIpc) is 2.36. The molecule has 0 N–H and O–H groups in total. The number of thioether (sulfide) groups is 1. The van der Waals surface area contributed by atoms with Crippen LogP contribution in [0.2, 0.25) is 0 Å². The van der Waals surface area contributed by atoms with E-state index in [9.17, 15) is 0 Å². The molecule has 0 spiro atoms. The first-order chi connectivity index (χ1) is 8.36. The molecular formula is C14H29NOS. The van der Waals surface area contributed by atoms with E-state index in [-0.39, 0.29) is 0 Å². The van der Waals surface area contributed by atoms with Crippen molar-refractivity contribution in [3.05, 3.63) is 0 Å². The molecule has 1 atom stereocenters. The summed E-state index contributed by atoms with van der Waals surface area (Å²) in [6.45, 7) is 7.15. The minimum absolute atomic E-state index is 0.793. The van der Waals surface area contributed by atoms with Crippen molar-refractivity contribution in [2.75, 3.05) is 44.9 Å². The summed E-state index contributed by atoms with van der Waals surface area (Å²) in [4.78, 5) is 2.63. The molecule has 0 saturated carbocycles. The van der Waals surface area contributed by atoms with Gasteiger partial charge in [0.15, 0.2) is 0 Å². The van der Waals surface area contributed by atoms with Crippen molar-refractivity contribution in [2.24, 2.45) is 5.92 Å². The largest absolute Gasteiger partial charge is 0.384 e. The molecule has 3 heteroatoms. The van der Waals surface area contributed by atoms with Gasteiger partial charge in [-0.25, -0.2) is 0 Å². The van der Waals surface area contributed by atoms with Gasteiger partial charge in [0.25, 0.3) is 0 Å². The van der Waals surface area contributed by atoms with Gasteiger partial charge in [0.05, 0.1) is 0 Å². The summed E-state index contributed by atoms with van der Waals surface area (Å²) in [5.74, 6) is 3.46. The zero-order chi connectivity index (χ0) is 12.3. The van der Waals surface area contributed by atoms with E-state index in [4.69, 9.17) is 4.74 Å². The van der Waals surface area contributed by atoms with E-state index in [2.05, 4.69) is 23.6 Å². The molecule has 1 fully saturated rings. The van der Waals surface area contributed by atoms with Crippen LogP contribution < -0.4 is 0 Å². The van der Waals surface area contributed by atoms with Crippen LogP contribution in [-0.2, 0) is 4.74 Å². The average molecular weight is 259 g/mol. The molecule has 1 aliphatic rings. The van der Waals surface area contributed by atoms with Crippen LogP contribution in [0.4, 0.5) is 0 Å². The molecule has 1 saturated heterocycles. The van der Waals surface area contributed by atoms with E-state index in [0.29, 0.717) is 0 Å². The molecule has 17 heavy (non-hydrogen) atoms. The molecule has 0 aliphatic carbocycles. The highest BCUT2D eigenvalue weighted by atomic mass is 32.2. The Bertz CT molecular complexity index is 166. The van der Waals surface area contributed by atoms with Crippen molar-refractivity contribution in [3.63, 3.8) is 0 Å². The van der Waals surface area contributed by atoms with E-state index in [1.54, 1.807) is 0 Å². The molecule has 0 aromatic rings. The van der Waals surface area contributed by atoms with Crippen molar-refractivity contribution in [2.45, 2.75) is 39.0 Å². The monoisotopic (exact) mass is 259 g/mol. The Labute approximate surface area is 111 Å². The second-order valence-corrected chi connectivity index (χ2v) is 6.28. The van der Waals surface area contributed by atoms with Crippen LogP contribution in [0.3, 0.4) is 0 Å². The van der Waals surface area contributed by atoms with Crippen LogP contribution in [0.25, 0.3) is 0 Å². The Kier molecular flexibility index (Phi) is 9.21. The highest BCUT2D eigenvalue weighted by Crippen LogP contribution is 2.16. The molecule has 0 bridgehead atoms. The minimum Gasteiger partial charge on any atom is -0.384 e. The molecule has 2 nitrogen and oxygen atoms in total. The first kappa shape index (κ1) is 15.3. The number of unbranched alkanes of at least 4 members (excludes halogenated alkanes) is 1. The number of nitrogens with zero attached hydrogens (tertiary/aromatic N) is 1. The van der Waals surface area contributed by atoms with Crippen LogP contribution in [0.5, 0.6) is 0 Å². The minimum atomic E-state index is 0.793. The summed E-state index contributed by atoms with van der Waals surface area (Å²) in [6.07, 6.45) is 6.71. The molecule has 0 aromatic carbocycles. The molecule has 1 heterocycles. The molecule has 1 rings (SSSR count). The topological polar surface area (TPSA) is 12.5 Å². The predicted molar refractivity (Wildman–Crippen MR) is 77.9 cm³/mol. The summed E-state index contributed by atoms with van der Waals surface area (Å²) in [5.41, 5.74) is 0. The fourth-order valence-corrected chi connectivity index (χ4v) is 3.53. The normalized spacial score (nSPS) is 19.4. The van der Waals surface area contributed by atoms with E-state index < -0.39 is 0 Å². The lowest BCUT2D eigenvalue weighted by Gasteiger charge is -2.26. The summed E-state index contributed by atoms with van der Waals surface area (Å²) in [7, 11) is 1.83. The van der Waals surface area contributed by atoms with E-state index in [0.717, 1.165) is 12.5 Å². The van der Waals surface area contributed by atoms with Crippen molar-refractivity contribution in [1.29, 1.82) is 0 Å². The van der Waals surface area contributed by atoms with Gasteiger partial charge in [0, 0.05) is 38.3 Å². The third-order valence-corrected chi connectivity index (χ3v) is 4.48. The maximum atomic E-state index is 5.29. The first-order valence-electron chi connectivity index (χ1n) is 7.15. The molecule has 0 unspecified atom stereocenters. The van der Waals surface area contributed by atoms with Crippen molar-refractivity contribution >= 4 is 11.8 Å². The van der Waals surface area contributed by atoms with Crippen LogP contribution in [0, 0.1) is 5.92 Å². The van der Waals surface area contributed by atoms with Gasteiger partial charge >= 0.3 is 0 Å². The van der Waals surface area contributed by atoms with Crippen LogP contribution >= 0.6 is 11.8 Å². The third kappa shape index (κ3) is 7.32. The quantitative estimate of drug-likeness (QED) is 0.590. The zero-order valence-corrected chi connectivity index (χ0v) is 12.4. The van der Waals surface area contributed by atoms with Gasteiger partial charge in [0.1, 0.15) is 0 Å². The highest BCUT2D eigenvalue weighted by Gasteiger charge is 2.11. The van der Waals surface area contributed by atoms with Crippen LogP contribution in [0.15, 0.2) is 0 Å². The number of hydrogen-bond donors (Lipinski definition) is 0. The zero-order valence-electron chi connectivity index (χ0n) is 11.6. The Hall–Kier alpha value is 0.270. The lowest BCUT2D eigenvalue weighted by Crippen LogP contribution is -2.33. The van der Waals surface area contributed by atoms with E-state index in [1.165, 1.54) is 63.2 Å². The van der Waals surface area contributed by atoms with Gasteiger partial charge in [-0.05, 0) is 31.7 Å². The predicted octanol–water partition coefficient (Wildman–Crippen LogP) is 3.27. The SMILES string of the molecule is CCC[C@@H](CCCCN1CCSCC1)COC. The van der Waals surface area contributed by atoms with Crippen molar-refractivity contribution < 1.29 is 4.74 Å². The molecule has 0 radical (unpaired) electrons.